The van der Waals surface area contributed by atoms with E-state index in [0.29, 0.717) is 22.8 Å². The molecule has 3 aromatic rings. The fourth-order valence-electron chi connectivity index (χ4n) is 4.01. The molecule has 2 N–H and O–H groups in total. The zero-order chi connectivity index (χ0) is 22.9. The number of hydrazine groups is 1. The molecular weight excluding hydrogens is 406 g/mol. The van der Waals surface area contributed by atoms with Crippen molar-refractivity contribution in [3.63, 3.8) is 0 Å². The summed E-state index contributed by atoms with van der Waals surface area (Å²) >= 11 is 0. The van der Waals surface area contributed by atoms with Crippen LogP contribution >= 0.6 is 0 Å². The largest absolute Gasteiger partial charge is 0.485 e. The minimum Gasteiger partial charge on any atom is -0.485 e. The quantitative estimate of drug-likeness (QED) is 0.588. The maximum atomic E-state index is 12.3. The van der Waals surface area contributed by atoms with Gasteiger partial charge in [0.15, 0.2) is 0 Å². The third kappa shape index (κ3) is 4.05. The molecule has 2 atom stereocenters. The van der Waals surface area contributed by atoms with Crippen molar-refractivity contribution in [2.24, 2.45) is 0 Å². The van der Waals surface area contributed by atoms with Crippen LogP contribution in [-0.2, 0) is 11.3 Å². The second kappa shape index (κ2) is 8.40. The average Bonchev–Trinajstić information content (AvgIpc) is 3.27. The second-order valence-electron chi connectivity index (χ2n) is 8.38. The van der Waals surface area contributed by atoms with Gasteiger partial charge in [0.25, 0.3) is 0 Å². The number of nitriles is 1. The summed E-state index contributed by atoms with van der Waals surface area (Å²) < 4.78 is 11.4. The molecule has 0 bridgehead atoms. The van der Waals surface area contributed by atoms with E-state index in [1.54, 1.807) is 36.6 Å². The number of aliphatic hydroxyl groups excluding tert-OH is 1. The standard InChI is InChI=1S/C25H25N3O4/c1-16(29)28(15-18-7-6-12-31-18)27-21-9-5-4-8-19(21)23-20-13-17(14-26)10-11-22(20)32-25(2,3)24(23)30/h4-13,23-24,27,30H,15H2,1-3H3. The molecule has 7 nitrogen and oxygen atoms in total. The number of amides is 1. The van der Waals surface area contributed by atoms with Crippen molar-refractivity contribution in [3.05, 3.63) is 83.3 Å². The van der Waals surface area contributed by atoms with Crippen LogP contribution in [0.5, 0.6) is 5.75 Å². The van der Waals surface area contributed by atoms with Crippen molar-refractivity contribution in [1.82, 2.24) is 5.01 Å². The number of benzene rings is 2. The maximum absolute atomic E-state index is 12.3. The molecule has 4 rings (SSSR count). The first kappa shape index (κ1) is 21.5. The lowest BCUT2D eigenvalue weighted by molar-refractivity contribution is -0.128. The van der Waals surface area contributed by atoms with Gasteiger partial charge in [-0.1, -0.05) is 18.2 Å². The molecule has 2 unspecified atom stereocenters. The molecule has 0 saturated carbocycles. The third-order valence-corrected chi connectivity index (χ3v) is 5.70. The number of carbonyl (C=O) groups is 1. The Hall–Kier alpha value is -3.76. The van der Waals surface area contributed by atoms with Crippen molar-refractivity contribution in [3.8, 4) is 11.8 Å². The van der Waals surface area contributed by atoms with E-state index in [1.807, 2.05) is 38.1 Å². The molecule has 0 saturated heterocycles. The minimum absolute atomic E-state index is 0.184. The summed E-state index contributed by atoms with van der Waals surface area (Å²) in [4.78, 5) is 12.3. The SMILES string of the molecule is CC(=O)N(Cc1ccco1)Nc1ccccc1C1c2cc(C#N)ccc2OC(C)(C)C1O. The molecule has 0 fully saturated rings. The molecule has 0 aliphatic carbocycles. The second-order valence-corrected chi connectivity index (χ2v) is 8.38. The number of hydrogen-bond donors (Lipinski definition) is 2. The van der Waals surface area contributed by atoms with Crippen LogP contribution < -0.4 is 10.2 Å². The average molecular weight is 431 g/mol. The number of hydrogen-bond acceptors (Lipinski definition) is 6. The Kier molecular flexibility index (Phi) is 5.64. The number of rotatable bonds is 5. The fourth-order valence-corrected chi connectivity index (χ4v) is 4.01. The van der Waals surface area contributed by atoms with Crippen LogP contribution in [0.3, 0.4) is 0 Å². The lowest BCUT2D eigenvalue weighted by atomic mass is 9.76. The monoisotopic (exact) mass is 431 g/mol. The molecule has 32 heavy (non-hydrogen) atoms. The van der Waals surface area contributed by atoms with Crippen molar-refractivity contribution < 1.29 is 19.1 Å². The number of nitrogens with one attached hydrogen (secondary N) is 1. The van der Waals surface area contributed by atoms with Crippen LogP contribution in [0.4, 0.5) is 5.69 Å². The van der Waals surface area contributed by atoms with Crippen molar-refractivity contribution in [2.75, 3.05) is 5.43 Å². The van der Waals surface area contributed by atoms with Crippen molar-refractivity contribution in [1.29, 1.82) is 5.26 Å². The van der Waals surface area contributed by atoms with Crippen LogP contribution in [0.25, 0.3) is 0 Å². The number of furan rings is 1. The van der Waals surface area contributed by atoms with Gasteiger partial charge in [-0.05, 0) is 55.8 Å². The highest BCUT2D eigenvalue weighted by molar-refractivity contribution is 5.75. The summed E-state index contributed by atoms with van der Waals surface area (Å²) in [5.41, 5.74) is 5.02. The number of fused-ring (bicyclic) bond motifs is 1. The predicted octanol–water partition coefficient (Wildman–Crippen LogP) is 4.19. The van der Waals surface area contributed by atoms with E-state index < -0.39 is 17.6 Å². The first-order chi connectivity index (χ1) is 15.3. The summed E-state index contributed by atoms with van der Waals surface area (Å²) in [7, 11) is 0. The molecule has 1 aromatic heterocycles. The van der Waals surface area contributed by atoms with Gasteiger partial charge in [0.05, 0.1) is 23.6 Å². The van der Waals surface area contributed by atoms with Gasteiger partial charge in [-0.25, -0.2) is 5.01 Å². The molecule has 2 aromatic carbocycles. The maximum Gasteiger partial charge on any atom is 0.238 e. The summed E-state index contributed by atoms with van der Waals surface area (Å²) in [6, 6.07) is 18.5. The topological polar surface area (TPSA) is 98.7 Å². The zero-order valence-electron chi connectivity index (χ0n) is 18.2. The Morgan fingerprint density at radius 2 is 1.97 bits per heavy atom. The molecular formula is C25H25N3O4. The number of carbonyl (C=O) groups excluding carboxylic acids is 1. The Balaban J connectivity index is 1.77. The first-order valence-corrected chi connectivity index (χ1v) is 10.4. The van der Waals surface area contributed by atoms with E-state index >= 15 is 0 Å². The van der Waals surface area contributed by atoms with E-state index in [2.05, 4.69) is 11.5 Å². The van der Waals surface area contributed by atoms with E-state index in [-0.39, 0.29) is 12.5 Å². The molecule has 0 spiro atoms. The smallest absolute Gasteiger partial charge is 0.238 e. The van der Waals surface area contributed by atoms with E-state index in [0.717, 1.165) is 11.1 Å². The third-order valence-electron chi connectivity index (χ3n) is 5.70. The van der Waals surface area contributed by atoms with Crippen LogP contribution in [-0.4, -0.2) is 27.7 Å². The van der Waals surface area contributed by atoms with Gasteiger partial charge in [0.1, 0.15) is 29.8 Å². The highest BCUT2D eigenvalue weighted by Gasteiger charge is 2.44. The van der Waals surface area contributed by atoms with E-state index in [1.165, 1.54) is 11.9 Å². The van der Waals surface area contributed by atoms with Gasteiger partial charge in [-0.2, -0.15) is 5.26 Å². The van der Waals surface area contributed by atoms with Gasteiger partial charge >= 0.3 is 0 Å². The summed E-state index contributed by atoms with van der Waals surface area (Å²) in [5.74, 6) is 0.610. The minimum atomic E-state index is -0.886. The fraction of sp³-hybridized carbons (Fsp3) is 0.280. The molecule has 7 heteroatoms. The number of ether oxygens (including phenoxy) is 1. The van der Waals surface area contributed by atoms with Crippen molar-refractivity contribution >= 4 is 11.6 Å². The van der Waals surface area contributed by atoms with Gasteiger partial charge in [-0.3, -0.25) is 10.2 Å². The highest BCUT2D eigenvalue weighted by atomic mass is 16.5. The van der Waals surface area contributed by atoms with Gasteiger partial charge in [0.2, 0.25) is 5.91 Å². The van der Waals surface area contributed by atoms with Gasteiger partial charge in [0, 0.05) is 18.4 Å². The van der Waals surface area contributed by atoms with Crippen LogP contribution in [0.1, 0.15) is 49.1 Å². The molecule has 1 aliphatic rings. The Morgan fingerprint density at radius 3 is 2.66 bits per heavy atom. The lowest BCUT2D eigenvalue weighted by Gasteiger charge is -2.43. The summed E-state index contributed by atoms with van der Waals surface area (Å²) in [6.07, 6.45) is 0.675. The Morgan fingerprint density at radius 1 is 1.19 bits per heavy atom. The lowest BCUT2D eigenvalue weighted by Crippen LogP contribution is -2.49. The highest BCUT2D eigenvalue weighted by Crippen LogP contribution is 2.46. The van der Waals surface area contributed by atoms with Crippen LogP contribution in [0, 0.1) is 11.3 Å². The Labute approximate surface area is 186 Å². The van der Waals surface area contributed by atoms with Gasteiger partial charge < -0.3 is 14.3 Å². The van der Waals surface area contributed by atoms with E-state index in [4.69, 9.17) is 9.15 Å². The number of aliphatic hydroxyl groups is 1. The normalized spacial score (nSPS) is 18.7. The van der Waals surface area contributed by atoms with Crippen molar-refractivity contribution in [2.45, 2.75) is 44.9 Å². The molecule has 1 aliphatic heterocycles. The van der Waals surface area contributed by atoms with Crippen LogP contribution in [0.15, 0.2) is 65.3 Å². The Bertz CT molecular complexity index is 1160. The molecule has 2 heterocycles. The number of para-hydroxylation sites is 1. The number of anilines is 1. The molecule has 0 radical (unpaired) electrons. The zero-order valence-corrected chi connectivity index (χ0v) is 18.2. The number of nitrogens with zero attached hydrogens (tertiary/aromatic N) is 2. The summed E-state index contributed by atoms with van der Waals surface area (Å²) in [5, 5.41) is 22.2. The first-order valence-electron chi connectivity index (χ1n) is 10.4. The van der Waals surface area contributed by atoms with Crippen LogP contribution in [0.2, 0.25) is 0 Å². The predicted molar refractivity (Wildman–Crippen MR) is 119 cm³/mol. The molecule has 164 valence electrons. The van der Waals surface area contributed by atoms with Gasteiger partial charge in [-0.15, -0.1) is 0 Å². The summed E-state index contributed by atoms with van der Waals surface area (Å²) in [6.45, 7) is 5.38. The molecule has 1 amide bonds. The van der Waals surface area contributed by atoms with E-state index in [9.17, 15) is 15.2 Å².